The molecule has 0 saturated heterocycles. The molecule has 2 heteroatoms. The molecule has 0 atom stereocenters. The molecule has 0 radical (unpaired) electrons. The Morgan fingerprint density at radius 3 is 2.09 bits per heavy atom. The van der Waals surface area contributed by atoms with Crippen molar-refractivity contribution < 1.29 is 4.39 Å². The van der Waals surface area contributed by atoms with Crippen LogP contribution in [0.3, 0.4) is 0 Å². The normalized spacial score (nSPS) is 26.4. The predicted molar refractivity (Wildman–Crippen MR) is 138 cm³/mol. The highest BCUT2D eigenvalue weighted by molar-refractivity contribution is 5.26. The van der Waals surface area contributed by atoms with E-state index < -0.39 is 5.83 Å². The van der Waals surface area contributed by atoms with E-state index in [0.29, 0.717) is 5.92 Å². The van der Waals surface area contributed by atoms with Crippen molar-refractivity contribution in [1.82, 2.24) is 0 Å². The molecule has 0 spiro atoms. The van der Waals surface area contributed by atoms with Gasteiger partial charge in [0.05, 0.1) is 0 Å². The van der Waals surface area contributed by atoms with Crippen molar-refractivity contribution in [1.29, 1.82) is 5.26 Å². The van der Waals surface area contributed by atoms with Crippen LogP contribution in [0, 0.1) is 29.1 Å². The van der Waals surface area contributed by atoms with E-state index in [1.165, 1.54) is 114 Å². The maximum Gasteiger partial charge on any atom is 0.199 e. The fourth-order valence-corrected chi connectivity index (χ4v) is 5.99. The Morgan fingerprint density at radius 1 is 0.909 bits per heavy atom. The summed E-state index contributed by atoms with van der Waals surface area (Å²) in [6.45, 7) is 2.27. The number of benzene rings is 1. The lowest BCUT2D eigenvalue weighted by atomic mass is 9.76. The molecule has 2 fully saturated rings. The van der Waals surface area contributed by atoms with Gasteiger partial charge in [-0.3, -0.25) is 0 Å². The highest BCUT2D eigenvalue weighted by atomic mass is 19.1. The predicted octanol–water partition coefficient (Wildman–Crippen LogP) is 9.60. The molecule has 0 N–H and O–H groups in total. The second kappa shape index (κ2) is 14.4. The molecular weight excluding hydrogens is 405 g/mol. The van der Waals surface area contributed by atoms with Gasteiger partial charge in [-0.2, -0.15) is 9.65 Å². The van der Waals surface area contributed by atoms with Gasteiger partial charge in [0.2, 0.25) is 0 Å². The van der Waals surface area contributed by atoms with Crippen molar-refractivity contribution in [2.75, 3.05) is 0 Å². The Morgan fingerprint density at radius 2 is 1.52 bits per heavy atom. The molecule has 0 heterocycles. The van der Waals surface area contributed by atoms with Gasteiger partial charge in [-0.05, 0) is 105 Å². The standard InChI is InChI=1S/C31H44FN/c1-2-3-7-25-16-20-29(21-17-25)30-22-18-27(19-23-30)9-5-4-8-26-12-14-28(15-13-26)10-6-11-31(32)24-33/h6,10-11,16-17,20-21,26-28,30H,2-5,7-9,12-15,18-19,22-23H2,1H3/b10-6+,31-11-. The van der Waals surface area contributed by atoms with Crippen molar-refractivity contribution in [3.05, 3.63) is 59.4 Å². The summed E-state index contributed by atoms with van der Waals surface area (Å²) >= 11 is 0. The lowest BCUT2D eigenvalue weighted by Crippen LogP contribution is -2.14. The van der Waals surface area contributed by atoms with Crippen molar-refractivity contribution in [2.45, 2.75) is 109 Å². The van der Waals surface area contributed by atoms with E-state index in [9.17, 15) is 4.39 Å². The summed E-state index contributed by atoms with van der Waals surface area (Å²) in [6.07, 6.45) is 25.1. The zero-order valence-electron chi connectivity index (χ0n) is 20.8. The maximum absolute atomic E-state index is 12.8. The number of hydrogen-bond donors (Lipinski definition) is 0. The highest BCUT2D eigenvalue weighted by Gasteiger charge is 2.23. The van der Waals surface area contributed by atoms with Crippen molar-refractivity contribution in [2.24, 2.45) is 17.8 Å². The molecule has 0 aromatic heterocycles. The smallest absolute Gasteiger partial charge is 0.195 e. The van der Waals surface area contributed by atoms with Crippen LogP contribution in [0.2, 0.25) is 0 Å². The van der Waals surface area contributed by atoms with Crippen LogP contribution in [0.25, 0.3) is 0 Å². The topological polar surface area (TPSA) is 23.8 Å². The first-order valence-electron chi connectivity index (χ1n) is 13.7. The lowest BCUT2D eigenvalue weighted by Gasteiger charge is -2.29. The van der Waals surface area contributed by atoms with Gasteiger partial charge in [-0.15, -0.1) is 0 Å². The Balaban J connectivity index is 1.25. The first kappa shape index (κ1) is 25.7. The van der Waals surface area contributed by atoms with E-state index in [1.54, 1.807) is 11.6 Å². The van der Waals surface area contributed by atoms with Gasteiger partial charge in [-0.1, -0.05) is 75.4 Å². The summed E-state index contributed by atoms with van der Waals surface area (Å²) in [5, 5.41) is 8.45. The van der Waals surface area contributed by atoms with Crippen LogP contribution >= 0.6 is 0 Å². The Kier molecular flexibility index (Phi) is 11.2. The molecular formula is C31H44FN. The Hall–Kier alpha value is -1.88. The molecule has 0 aliphatic heterocycles. The van der Waals surface area contributed by atoms with Crippen LogP contribution < -0.4 is 0 Å². The maximum atomic E-state index is 12.8. The van der Waals surface area contributed by atoms with Crippen LogP contribution in [0.15, 0.2) is 48.3 Å². The number of aryl methyl sites for hydroxylation is 1. The number of halogens is 1. The number of nitriles is 1. The van der Waals surface area contributed by atoms with Gasteiger partial charge in [-0.25, -0.2) is 0 Å². The molecule has 1 aromatic rings. The van der Waals surface area contributed by atoms with Crippen LogP contribution in [-0.2, 0) is 6.42 Å². The molecule has 0 unspecified atom stereocenters. The Labute approximate surface area is 202 Å². The SMILES string of the molecule is CCCCc1ccc(C2CCC(CCCCC3CCC(/C=C/C=C(\F)C#N)CC3)CC2)cc1. The van der Waals surface area contributed by atoms with Crippen LogP contribution in [0.4, 0.5) is 4.39 Å². The van der Waals surface area contributed by atoms with Gasteiger partial charge in [0.15, 0.2) is 5.83 Å². The third-order valence-electron chi connectivity index (χ3n) is 8.22. The monoisotopic (exact) mass is 449 g/mol. The minimum absolute atomic E-state index is 0.562. The highest BCUT2D eigenvalue weighted by Crippen LogP contribution is 2.38. The number of allylic oxidation sites excluding steroid dienone is 4. The van der Waals surface area contributed by atoms with E-state index >= 15 is 0 Å². The summed E-state index contributed by atoms with van der Waals surface area (Å²) in [6, 6.07) is 11.1. The summed E-state index contributed by atoms with van der Waals surface area (Å²) < 4.78 is 12.8. The summed E-state index contributed by atoms with van der Waals surface area (Å²) in [5.74, 6) is 2.49. The summed E-state index contributed by atoms with van der Waals surface area (Å²) in [5.41, 5.74) is 3.08. The average Bonchev–Trinajstić information content (AvgIpc) is 2.87. The molecule has 2 aliphatic carbocycles. The number of unbranched alkanes of at least 4 members (excludes halogenated alkanes) is 2. The van der Waals surface area contributed by atoms with Crippen molar-refractivity contribution >= 4 is 0 Å². The van der Waals surface area contributed by atoms with Gasteiger partial charge < -0.3 is 0 Å². The molecule has 0 bridgehead atoms. The van der Waals surface area contributed by atoms with Crippen LogP contribution in [-0.4, -0.2) is 0 Å². The van der Waals surface area contributed by atoms with Crippen molar-refractivity contribution in [3.63, 3.8) is 0 Å². The molecule has 2 aliphatic rings. The largest absolute Gasteiger partial charge is 0.199 e. The molecule has 1 nitrogen and oxygen atoms in total. The second-order valence-corrected chi connectivity index (χ2v) is 10.6. The van der Waals surface area contributed by atoms with Gasteiger partial charge in [0.1, 0.15) is 6.07 Å². The molecule has 33 heavy (non-hydrogen) atoms. The van der Waals surface area contributed by atoms with Crippen LogP contribution in [0.1, 0.15) is 114 Å². The van der Waals surface area contributed by atoms with Gasteiger partial charge >= 0.3 is 0 Å². The van der Waals surface area contributed by atoms with Gasteiger partial charge in [0, 0.05) is 0 Å². The van der Waals surface area contributed by atoms with E-state index in [1.807, 2.05) is 0 Å². The summed E-state index contributed by atoms with van der Waals surface area (Å²) in [7, 11) is 0. The zero-order valence-corrected chi connectivity index (χ0v) is 20.8. The number of hydrogen-bond acceptors (Lipinski definition) is 1. The van der Waals surface area contributed by atoms with Gasteiger partial charge in [0.25, 0.3) is 0 Å². The first-order valence-corrected chi connectivity index (χ1v) is 13.7. The molecule has 3 rings (SSSR count). The van der Waals surface area contributed by atoms with E-state index in [-0.39, 0.29) is 0 Å². The number of nitrogens with zero attached hydrogens (tertiary/aromatic N) is 1. The van der Waals surface area contributed by atoms with Crippen LogP contribution in [0.5, 0.6) is 0 Å². The summed E-state index contributed by atoms with van der Waals surface area (Å²) in [4.78, 5) is 0. The van der Waals surface area contributed by atoms with E-state index in [2.05, 4.69) is 37.3 Å². The van der Waals surface area contributed by atoms with E-state index in [0.717, 1.165) is 17.8 Å². The zero-order chi connectivity index (χ0) is 23.3. The quantitative estimate of drug-likeness (QED) is 0.187. The molecule has 1 aromatic carbocycles. The molecule has 0 amide bonds. The minimum Gasteiger partial charge on any atom is -0.195 e. The minimum atomic E-state index is -0.704. The first-order chi connectivity index (χ1) is 16.2. The fraction of sp³-hybridized carbons (Fsp3) is 0.645. The fourth-order valence-electron chi connectivity index (χ4n) is 5.99. The van der Waals surface area contributed by atoms with E-state index in [4.69, 9.17) is 5.26 Å². The third kappa shape index (κ3) is 9.11. The van der Waals surface area contributed by atoms with Crippen molar-refractivity contribution in [3.8, 4) is 6.07 Å². The molecule has 2 saturated carbocycles. The average molecular weight is 450 g/mol. The lowest BCUT2D eigenvalue weighted by molar-refractivity contribution is 0.273. The Bertz CT molecular complexity index is 768. The third-order valence-corrected chi connectivity index (χ3v) is 8.22. The second-order valence-electron chi connectivity index (χ2n) is 10.6. The molecule has 180 valence electrons. The number of rotatable bonds is 11.